The van der Waals surface area contributed by atoms with Crippen molar-refractivity contribution in [3.8, 4) is 0 Å². The molecule has 2 nitrogen and oxygen atoms in total. The first-order chi connectivity index (χ1) is 6.57. The van der Waals surface area contributed by atoms with E-state index in [-0.39, 0.29) is 0 Å². The van der Waals surface area contributed by atoms with Gasteiger partial charge in [-0.25, -0.2) is 0 Å². The molecule has 0 aliphatic carbocycles. The van der Waals surface area contributed by atoms with Gasteiger partial charge in [-0.3, -0.25) is 0 Å². The second-order valence-electron chi connectivity index (χ2n) is 4.33. The molecule has 0 amide bonds. The van der Waals surface area contributed by atoms with E-state index in [9.17, 15) is 0 Å². The number of hydrogen-bond donors (Lipinski definition) is 0. The molecule has 0 aromatic rings. The number of alkyl halides is 1. The zero-order valence-corrected chi connectivity index (χ0v) is 11.7. The predicted octanol–water partition coefficient (Wildman–Crippen LogP) is 2.43. The van der Waals surface area contributed by atoms with Crippen molar-refractivity contribution in [1.29, 1.82) is 0 Å². The molecule has 14 heavy (non-hydrogen) atoms. The summed E-state index contributed by atoms with van der Waals surface area (Å²) >= 11 is 3.48. The van der Waals surface area contributed by atoms with Gasteiger partial charge in [-0.05, 0) is 60.4 Å². The van der Waals surface area contributed by atoms with Crippen LogP contribution in [0.4, 0.5) is 0 Å². The minimum atomic E-state index is 0.677. The smallest absolute Gasteiger partial charge is 0.00434 e. The van der Waals surface area contributed by atoms with Crippen LogP contribution < -0.4 is 0 Å². The largest absolute Gasteiger partial charge is 0.309 e. The van der Waals surface area contributed by atoms with Crippen molar-refractivity contribution in [3.05, 3.63) is 0 Å². The maximum atomic E-state index is 3.48. The highest BCUT2D eigenvalue weighted by Crippen LogP contribution is 2.02. The van der Waals surface area contributed by atoms with Gasteiger partial charge in [0.05, 0.1) is 0 Å². The third kappa shape index (κ3) is 7.77. The van der Waals surface area contributed by atoms with Crippen LogP contribution in [0.5, 0.6) is 0 Å². The Morgan fingerprint density at radius 2 is 1.57 bits per heavy atom. The molecule has 0 aromatic carbocycles. The summed E-state index contributed by atoms with van der Waals surface area (Å²) < 4.78 is 0. The van der Waals surface area contributed by atoms with Crippen LogP contribution in [0.15, 0.2) is 0 Å². The zero-order valence-electron chi connectivity index (χ0n) is 10.1. The van der Waals surface area contributed by atoms with Gasteiger partial charge >= 0.3 is 0 Å². The Hall–Kier alpha value is 0.400. The Kier molecular flexibility index (Phi) is 8.94. The fourth-order valence-electron chi connectivity index (χ4n) is 1.48. The van der Waals surface area contributed by atoms with Crippen LogP contribution in [0.2, 0.25) is 0 Å². The van der Waals surface area contributed by atoms with Crippen molar-refractivity contribution in [1.82, 2.24) is 9.80 Å². The Morgan fingerprint density at radius 1 is 1.00 bits per heavy atom. The van der Waals surface area contributed by atoms with Crippen molar-refractivity contribution in [3.63, 3.8) is 0 Å². The fraction of sp³-hybridized carbons (Fsp3) is 1.00. The first kappa shape index (κ1) is 14.4. The highest BCUT2D eigenvalue weighted by Gasteiger charge is 2.07. The summed E-state index contributed by atoms with van der Waals surface area (Å²) in [6, 6.07) is 0.677. The van der Waals surface area contributed by atoms with Gasteiger partial charge in [0.15, 0.2) is 0 Å². The third-order valence-electron chi connectivity index (χ3n) is 2.36. The molecule has 0 saturated heterocycles. The lowest BCUT2D eigenvalue weighted by molar-refractivity contribution is 0.211. The van der Waals surface area contributed by atoms with E-state index >= 15 is 0 Å². The van der Waals surface area contributed by atoms with Gasteiger partial charge in [0.2, 0.25) is 0 Å². The van der Waals surface area contributed by atoms with Crippen LogP contribution in [0.25, 0.3) is 0 Å². The van der Waals surface area contributed by atoms with Crippen LogP contribution in [-0.4, -0.2) is 54.9 Å². The fourth-order valence-corrected chi connectivity index (χ4v) is 1.73. The lowest BCUT2D eigenvalue weighted by atomic mass is 10.2. The minimum absolute atomic E-state index is 0.677. The number of hydrogen-bond acceptors (Lipinski definition) is 2. The standard InChI is InChI=1S/C11H25BrN2/c1-11(2)14(9-5-7-12)10-6-8-13(3)4/h11H,5-10H2,1-4H3. The third-order valence-corrected chi connectivity index (χ3v) is 2.92. The molecule has 0 spiro atoms. The number of halogens is 1. The summed E-state index contributed by atoms with van der Waals surface area (Å²) in [5.41, 5.74) is 0. The van der Waals surface area contributed by atoms with E-state index in [0.29, 0.717) is 6.04 Å². The number of nitrogens with zero attached hydrogens (tertiary/aromatic N) is 2. The molecule has 0 fully saturated rings. The summed E-state index contributed by atoms with van der Waals surface area (Å²) in [6.45, 7) is 8.20. The molecule has 0 rings (SSSR count). The summed E-state index contributed by atoms with van der Waals surface area (Å²) in [6.07, 6.45) is 2.52. The van der Waals surface area contributed by atoms with Gasteiger partial charge in [-0.1, -0.05) is 15.9 Å². The molecule has 0 heterocycles. The van der Waals surface area contributed by atoms with Crippen molar-refractivity contribution in [2.75, 3.05) is 39.1 Å². The van der Waals surface area contributed by atoms with Crippen LogP contribution in [0.1, 0.15) is 26.7 Å². The minimum Gasteiger partial charge on any atom is -0.309 e. The molecule has 0 unspecified atom stereocenters. The Bertz CT molecular complexity index is 126. The number of rotatable bonds is 8. The molecule has 0 aliphatic heterocycles. The second kappa shape index (κ2) is 8.69. The van der Waals surface area contributed by atoms with Crippen LogP contribution in [0, 0.1) is 0 Å². The van der Waals surface area contributed by atoms with E-state index in [2.05, 4.69) is 53.7 Å². The van der Waals surface area contributed by atoms with Crippen molar-refractivity contribution in [2.24, 2.45) is 0 Å². The summed E-state index contributed by atoms with van der Waals surface area (Å²) in [7, 11) is 4.27. The summed E-state index contributed by atoms with van der Waals surface area (Å²) in [5.74, 6) is 0. The average molecular weight is 265 g/mol. The molecule has 0 saturated carbocycles. The monoisotopic (exact) mass is 264 g/mol. The summed E-state index contributed by atoms with van der Waals surface area (Å²) in [4.78, 5) is 4.81. The molecule has 0 aliphatic rings. The molecular weight excluding hydrogens is 240 g/mol. The van der Waals surface area contributed by atoms with E-state index in [0.717, 1.165) is 5.33 Å². The van der Waals surface area contributed by atoms with Gasteiger partial charge in [-0.15, -0.1) is 0 Å². The molecule has 0 N–H and O–H groups in total. The Morgan fingerprint density at radius 3 is 2.00 bits per heavy atom. The van der Waals surface area contributed by atoms with Crippen LogP contribution in [0.3, 0.4) is 0 Å². The highest BCUT2D eigenvalue weighted by molar-refractivity contribution is 9.09. The van der Waals surface area contributed by atoms with Gasteiger partial charge in [0.1, 0.15) is 0 Å². The molecule has 3 heteroatoms. The molecular formula is C11H25BrN2. The van der Waals surface area contributed by atoms with E-state index in [1.807, 2.05) is 0 Å². The van der Waals surface area contributed by atoms with E-state index in [1.54, 1.807) is 0 Å². The van der Waals surface area contributed by atoms with Gasteiger partial charge in [-0.2, -0.15) is 0 Å². The van der Waals surface area contributed by atoms with Crippen molar-refractivity contribution >= 4 is 15.9 Å². The average Bonchev–Trinajstić information content (AvgIpc) is 2.09. The molecule has 0 atom stereocenters. The van der Waals surface area contributed by atoms with E-state index in [1.165, 1.54) is 32.5 Å². The first-order valence-electron chi connectivity index (χ1n) is 5.52. The maximum Gasteiger partial charge on any atom is 0.00434 e. The SMILES string of the molecule is CC(C)N(CCCBr)CCCN(C)C. The topological polar surface area (TPSA) is 6.48 Å². The maximum absolute atomic E-state index is 3.48. The van der Waals surface area contributed by atoms with Gasteiger partial charge in [0, 0.05) is 11.4 Å². The zero-order chi connectivity index (χ0) is 11.0. The highest BCUT2D eigenvalue weighted by atomic mass is 79.9. The predicted molar refractivity (Wildman–Crippen MR) is 68.3 cm³/mol. The quantitative estimate of drug-likeness (QED) is 0.622. The van der Waals surface area contributed by atoms with Crippen LogP contribution >= 0.6 is 15.9 Å². The second-order valence-corrected chi connectivity index (χ2v) is 5.12. The van der Waals surface area contributed by atoms with Crippen molar-refractivity contribution < 1.29 is 0 Å². The first-order valence-corrected chi connectivity index (χ1v) is 6.64. The normalized spacial score (nSPS) is 12.0. The van der Waals surface area contributed by atoms with Crippen molar-refractivity contribution in [2.45, 2.75) is 32.7 Å². The summed E-state index contributed by atoms with van der Waals surface area (Å²) in [5, 5.41) is 1.11. The molecule has 0 radical (unpaired) electrons. The molecule has 0 bridgehead atoms. The Labute approximate surface area is 97.8 Å². The van der Waals surface area contributed by atoms with Gasteiger partial charge in [0.25, 0.3) is 0 Å². The molecule has 0 aromatic heterocycles. The molecule has 86 valence electrons. The van der Waals surface area contributed by atoms with Crippen LogP contribution in [-0.2, 0) is 0 Å². The lowest BCUT2D eigenvalue weighted by Gasteiger charge is -2.26. The van der Waals surface area contributed by atoms with E-state index in [4.69, 9.17) is 0 Å². The lowest BCUT2D eigenvalue weighted by Crippen LogP contribution is -2.34. The van der Waals surface area contributed by atoms with Gasteiger partial charge < -0.3 is 9.80 Å². The Balaban J connectivity index is 3.62. The van der Waals surface area contributed by atoms with E-state index < -0.39 is 0 Å².